The summed E-state index contributed by atoms with van der Waals surface area (Å²) in [6.45, 7) is 1.94. The minimum Gasteiger partial charge on any atom is -0.375 e. The molecular formula is C10H12ClN3O2S3. The van der Waals surface area contributed by atoms with Gasteiger partial charge in [0.2, 0.25) is 0 Å². The predicted molar refractivity (Wildman–Crippen MR) is 79.5 cm³/mol. The van der Waals surface area contributed by atoms with Crippen molar-refractivity contribution < 1.29 is 8.42 Å². The summed E-state index contributed by atoms with van der Waals surface area (Å²) < 4.78 is 27.5. The molecule has 2 aromatic heterocycles. The summed E-state index contributed by atoms with van der Waals surface area (Å²) >= 11 is 8.22. The number of nitrogens with zero attached hydrogens (tertiary/aromatic N) is 1. The SMILES string of the molecule is Cc1nc(N)sc1S(=O)(=O)NCCc1ccc(Cl)s1. The summed E-state index contributed by atoms with van der Waals surface area (Å²) in [5.74, 6) is 0. The molecule has 0 aliphatic heterocycles. The smallest absolute Gasteiger partial charge is 0.252 e. The topological polar surface area (TPSA) is 85.1 Å². The Balaban J connectivity index is 2.00. The van der Waals surface area contributed by atoms with E-state index in [4.69, 9.17) is 17.3 Å². The Morgan fingerprint density at radius 2 is 2.16 bits per heavy atom. The van der Waals surface area contributed by atoms with Gasteiger partial charge in [0.25, 0.3) is 10.0 Å². The van der Waals surface area contributed by atoms with Crippen LogP contribution in [0.2, 0.25) is 4.34 Å². The van der Waals surface area contributed by atoms with Crippen LogP contribution in [0.5, 0.6) is 0 Å². The first-order chi connectivity index (χ1) is 8.88. The fraction of sp³-hybridized carbons (Fsp3) is 0.300. The molecule has 0 unspecified atom stereocenters. The average molecular weight is 338 g/mol. The number of anilines is 1. The molecule has 0 atom stereocenters. The summed E-state index contributed by atoms with van der Waals surface area (Å²) in [6, 6.07) is 3.68. The molecule has 2 aromatic rings. The lowest BCUT2D eigenvalue weighted by atomic mass is 10.3. The molecule has 104 valence electrons. The lowest BCUT2D eigenvalue weighted by Gasteiger charge is -2.04. The number of thiophene rings is 1. The van der Waals surface area contributed by atoms with Crippen LogP contribution in [0.1, 0.15) is 10.6 Å². The number of nitrogens with two attached hydrogens (primary N) is 1. The van der Waals surface area contributed by atoms with Crippen LogP contribution < -0.4 is 10.5 Å². The molecule has 3 N–H and O–H groups in total. The summed E-state index contributed by atoms with van der Waals surface area (Å²) in [5.41, 5.74) is 5.93. The molecule has 0 saturated heterocycles. The lowest BCUT2D eigenvalue weighted by molar-refractivity contribution is 0.583. The van der Waals surface area contributed by atoms with Crippen molar-refractivity contribution in [3.63, 3.8) is 0 Å². The van der Waals surface area contributed by atoms with Crippen LogP contribution >= 0.6 is 34.3 Å². The maximum atomic E-state index is 12.0. The third-order valence-corrected chi connectivity index (χ3v) is 6.66. The van der Waals surface area contributed by atoms with Crippen molar-refractivity contribution in [1.82, 2.24) is 9.71 Å². The van der Waals surface area contributed by atoms with E-state index in [9.17, 15) is 8.42 Å². The van der Waals surface area contributed by atoms with Gasteiger partial charge >= 0.3 is 0 Å². The minimum atomic E-state index is -3.54. The highest BCUT2D eigenvalue weighted by atomic mass is 35.5. The van der Waals surface area contributed by atoms with Crippen LogP contribution in [0.3, 0.4) is 0 Å². The number of aromatic nitrogens is 1. The zero-order valence-corrected chi connectivity index (χ0v) is 13.2. The first-order valence-corrected chi connectivity index (χ1v) is 8.84. The molecule has 2 heterocycles. The van der Waals surface area contributed by atoms with E-state index in [1.54, 1.807) is 13.0 Å². The van der Waals surface area contributed by atoms with Gasteiger partial charge in [0.15, 0.2) is 9.34 Å². The van der Waals surface area contributed by atoms with Crippen molar-refractivity contribution in [2.24, 2.45) is 0 Å². The second-order valence-electron chi connectivity index (χ2n) is 3.78. The van der Waals surface area contributed by atoms with Crippen LogP contribution in [0.4, 0.5) is 5.13 Å². The second-order valence-corrected chi connectivity index (χ2v) is 8.57. The van der Waals surface area contributed by atoms with E-state index in [1.165, 1.54) is 11.3 Å². The van der Waals surface area contributed by atoms with Crippen LogP contribution in [-0.2, 0) is 16.4 Å². The summed E-state index contributed by atoms with van der Waals surface area (Å²) in [4.78, 5) is 4.94. The molecule has 0 bridgehead atoms. The highest BCUT2D eigenvalue weighted by Gasteiger charge is 2.20. The fourth-order valence-corrected chi connectivity index (χ4v) is 4.97. The normalized spacial score (nSPS) is 11.9. The Hall–Kier alpha value is -0.670. The van der Waals surface area contributed by atoms with Gasteiger partial charge in [-0.1, -0.05) is 22.9 Å². The third-order valence-electron chi connectivity index (χ3n) is 2.31. The van der Waals surface area contributed by atoms with Crippen molar-refractivity contribution in [3.05, 3.63) is 27.0 Å². The Labute approximate surface area is 124 Å². The molecule has 0 aliphatic rings. The molecule has 2 rings (SSSR count). The van der Waals surface area contributed by atoms with Crippen molar-refractivity contribution >= 4 is 49.4 Å². The van der Waals surface area contributed by atoms with Gasteiger partial charge in [-0.2, -0.15) is 0 Å². The van der Waals surface area contributed by atoms with Gasteiger partial charge in [-0.15, -0.1) is 11.3 Å². The highest BCUT2D eigenvalue weighted by molar-refractivity contribution is 7.91. The Morgan fingerprint density at radius 1 is 1.42 bits per heavy atom. The van der Waals surface area contributed by atoms with Gasteiger partial charge in [-0.05, 0) is 25.5 Å². The lowest BCUT2D eigenvalue weighted by Crippen LogP contribution is -2.25. The number of rotatable bonds is 5. The molecule has 19 heavy (non-hydrogen) atoms. The van der Waals surface area contributed by atoms with E-state index in [-0.39, 0.29) is 9.34 Å². The molecule has 0 aliphatic carbocycles. The standard InChI is InChI=1S/C10H12ClN3O2S3/c1-6-9(18-10(12)14-6)19(15,16)13-5-4-7-2-3-8(11)17-7/h2-3,13H,4-5H2,1H3,(H2,12,14). The van der Waals surface area contributed by atoms with Crippen LogP contribution in [-0.4, -0.2) is 19.9 Å². The molecule has 0 aromatic carbocycles. The van der Waals surface area contributed by atoms with Crippen molar-refractivity contribution in [1.29, 1.82) is 0 Å². The number of hydrogen-bond acceptors (Lipinski definition) is 6. The maximum Gasteiger partial charge on any atom is 0.252 e. The van der Waals surface area contributed by atoms with Crippen LogP contribution in [0.15, 0.2) is 16.3 Å². The van der Waals surface area contributed by atoms with Gasteiger partial charge in [-0.3, -0.25) is 0 Å². The number of nitrogen functional groups attached to an aromatic ring is 1. The molecule has 0 spiro atoms. The van der Waals surface area contributed by atoms with Gasteiger partial charge in [0.05, 0.1) is 10.0 Å². The summed E-state index contributed by atoms with van der Waals surface area (Å²) in [7, 11) is -3.54. The molecule has 0 saturated carbocycles. The van der Waals surface area contributed by atoms with Crippen molar-refractivity contribution in [2.45, 2.75) is 17.6 Å². The van der Waals surface area contributed by atoms with Gasteiger partial charge in [0.1, 0.15) is 0 Å². The van der Waals surface area contributed by atoms with Gasteiger partial charge in [0, 0.05) is 11.4 Å². The Kier molecular flexibility index (Phi) is 4.46. The Bertz CT molecular complexity index is 678. The van der Waals surface area contributed by atoms with E-state index < -0.39 is 10.0 Å². The van der Waals surface area contributed by atoms with Crippen molar-refractivity contribution in [2.75, 3.05) is 12.3 Å². The van der Waals surface area contributed by atoms with Crippen molar-refractivity contribution in [3.8, 4) is 0 Å². The number of halogens is 1. The molecule has 0 radical (unpaired) electrons. The molecule has 9 heteroatoms. The van der Waals surface area contributed by atoms with Crippen LogP contribution in [0, 0.1) is 6.92 Å². The number of hydrogen-bond donors (Lipinski definition) is 2. The molecule has 0 amide bonds. The van der Waals surface area contributed by atoms with Crippen LogP contribution in [0.25, 0.3) is 0 Å². The Morgan fingerprint density at radius 3 is 2.68 bits per heavy atom. The third kappa shape index (κ3) is 3.67. The number of nitrogens with one attached hydrogen (secondary N) is 1. The molecule has 0 fully saturated rings. The summed E-state index contributed by atoms with van der Waals surface area (Å²) in [6.07, 6.45) is 0.601. The molecule has 5 nitrogen and oxygen atoms in total. The van der Waals surface area contributed by atoms with E-state index in [2.05, 4.69) is 9.71 Å². The summed E-state index contributed by atoms with van der Waals surface area (Å²) in [5, 5.41) is 0.253. The largest absolute Gasteiger partial charge is 0.375 e. The minimum absolute atomic E-state index is 0.175. The molecular weight excluding hydrogens is 326 g/mol. The fourth-order valence-electron chi connectivity index (χ4n) is 1.51. The highest BCUT2D eigenvalue weighted by Crippen LogP contribution is 2.25. The zero-order chi connectivity index (χ0) is 14.0. The van der Waals surface area contributed by atoms with E-state index in [0.29, 0.717) is 23.0 Å². The van der Waals surface area contributed by atoms with E-state index in [0.717, 1.165) is 16.2 Å². The predicted octanol–water partition coefficient (Wildman–Crippen LogP) is 2.27. The maximum absolute atomic E-state index is 12.0. The van der Waals surface area contributed by atoms with Gasteiger partial charge < -0.3 is 5.73 Å². The van der Waals surface area contributed by atoms with Gasteiger partial charge in [-0.25, -0.2) is 18.1 Å². The first-order valence-electron chi connectivity index (χ1n) is 5.35. The quantitative estimate of drug-likeness (QED) is 0.876. The number of thiazole rings is 1. The number of aryl methyl sites for hydroxylation is 1. The van der Waals surface area contributed by atoms with E-state index >= 15 is 0 Å². The second kappa shape index (κ2) is 5.76. The zero-order valence-electron chi connectivity index (χ0n) is 10.0. The average Bonchev–Trinajstić information content (AvgIpc) is 2.85. The van der Waals surface area contributed by atoms with E-state index in [1.807, 2.05) is 6.07 Å². The first kappa shape index (κ1) is 14.7. The number of sulfonamides is 1. The monoisotopic (exact) mass is 337 g/mol.